The van der Waals surface area contributed by atoms with Crippen LogP contribution in [0.5, 0.6) is 0 Å². The second-order valence-corrected chi connectivity index (χ2v) is 11.7. The predicted octanol–water partition coefficient (Wildman–Crippen LogP) is 2.18. The van der Waals surface area contributed by atoms with Gasteiger partial charge in [-0.05, 0) is 24.5 Å². The van der Waals surface area contributed by atoms with Gasteiger partial charge in [-0.15, -0.1) is 11.8 Å². The second kappa shape index (κ2) is 9.12. The molecule has 0 radical (unpaired) electrons. The Hall–Kier alpha value is -1.96. The molecule has 1 amide bonds. The van der Waals surface area contributed by atoms with Crippen molar-refractivity contribution in [2.75, 3.05) is 21.0 Å². The number of nitrogens with one attached hydrogen (secondary N) is 1. The van der Waals surface area contributed by atoms with Gasteiger partial charge < -0.3 is 14.2 Å². The molecule has 0 aliphatic carbocycles. The van der Waals surface area contributed by atoms with Crippen molar-refractivity contribution in [1.82, 2.24) is 9.99 Å². The summed E-state index contributed by atoms with van der Waals surface area (Å²) in [7, 11) is 1.90. The first-order chi connectivity index (χ1) is 15.4. The first kappa shape index (κ1) is 23.2. The highest BCUT2D eigenvalue weighted by Crippen LogP contribution is 2.58. The van der Waals surface area contributed by atoms with Crippen LogP contribution in [-0.2, 0) is 23.8 Å². The van der Waals surface area contributed by atoms with E-state index < -0.39 is 30.6 Å². The van der Waals surface area contributed by atoms with Crippen molar-refractivity contribution >= 4 is 42.3 Å². The Balaban J connectivity index is 1.63. The molecule has 2 aliphatic heterocycles. The highest BCUT2D eigenvalue weighted by atomic mass is 32.2. The molecule has 2 heterocycles. The molecule has 2 aliphatic rings. The van der Waals surface area contributed by atoms with Crippen molar-refractivity contribution in [3.05, 3.63) is 60.7 Å². The maximum absolute atomic E-state index is 13.4. The number of methoxy groups -OCH3 is 2. The van der Waals surface area contributed by atoms with Crippen molar-refractivity contribution in [2.45, 2.75) is 35.7 Å². The number of esters is 1. The quantitative estimate of drug-likeness (QED) is 0.272. The minimum Gasteiger partial charge on any atom is -0.435 e. The fraction of sp³-hybridized carbons (Fsp3) is 0.391. The Kier molecular flexibility index (Phi) is 6.61. The molecule has 0 unspecified atom stereocenters. The zero-order valence-electron chi connectivity index (χ0n) is 18.5. The first-order valence-electron chi connectivity index (χ1n) is 10.3. The van der Waals surface area contributed by atoms with Crippen LogP contribution in [0.1, 0.15) is 13.8 Å². The molecule has 1 N–H and O–H groups in total. The molecule has 0 saturated carbocycles. The van der Waals surface area contributed by atoms with Gasteiger partial charge in [0.1, 0.15) is 11.4 Å². The number of rotatable bonds is 8. The summed E-state index contributed by atoms with van der Waals surface area (Å²) in [6.07, 6.45) is 0. The van der Waals surface area contributed by atoms with Gasteiger partial charge in [-0.1, -0.05) is 60.7 Å². The molecule has 32 heavy (non-hydrogen) atoms. The normalized spacial score (nSPS) is 26.0. The number of benzene rings is 2. The molecule has 170 valence electrons. The molecular weight excluding hydrogens is 447 g/mol. The van der Waals surface area contributed by atoms with E-state index >= 15 is 0 Å². The molecule has 9 heteroatoms. The fourth-order valence-electron chi connectivity index (χ4n) is 4.28. The van der Waals surface area contributed by atoms with Crippen molar-refractivity contribution in [3.8, 4) is 0 Å². The van der Waals surface area contributed by atoms with Gasteiger partial charge in [0.05, 0.1) is 4.75 Å². The van der Waals surface area contributed by atoms with Crippen LogP contribution in [0.4, 0.5) is 0 Å². The Labute approximate surface area is 193 Å². The average molecular weight is 475 g/mol. The van der Waals surface area contributed by atoms with Gasteiger partial charge in [0.25, 0.3) is 5.72 Å². The number of carbonyl (C=O) groups is 2. The van der Waals surface area contributed by atoms with Gasteiger partial charge in [0.2, 0.25) is 5.91 Å². The highest BCUT2D eigenvalue weighted by Gasteiger charge is 2.74. The molecule has 2 fully saturated rings. The van der Waals surface area contributed by atoms with E-state index in [1.165, 1.54) is 19.1 Å². The lowest BCUT2D eigenvalue weighted by Gasteiger charge is -2.50. The van der Waals surface area contributed by atoms with Crippen molar-refractivity contribution in [1.29, 1.82) is 0 Å². The van der Waals surface area contributed by atoms with Gasteiger partial charge in [-0.2, -0.15) is 0 Å². The lowest BCUT2D eigenvalue weighted by Crippen LogP contribution is -2.75. The lowest BCUT2D eigenvalue weighted by molar-refractivity contribution is -0.221. The second-order valence-electron chi connectivity index (χ2n) is 8.03. The van der Waals surface area contributed by atoms with Crippen LogP contribution in [-0.4, -0.2) is 59.7 Å². The number of β-lactam (4-membered cyclic amide) rings is 1. The molecule has 7 nitrogen and oxygen atoms in total. The number of amides is 1. The molecule has 2 saturated heterocycles. The number of hydrogen-bond donors (Lipinski definition) is 1. The first-order valence-corrected chi connectivity index (χ1v) is 12.5. The minimum absolute atomic E-state index is 0.177. The van der Waals surface area contributed by atoms with Gasteiger partial charge >= 0.3 is 5.97 Å². The standard InChI is InChI=1S/C23H27N2O5PS/c1-22(2)23(29-4,21(27)30-15-28-3)25-19(26)18(20(25)32-22)24-31(16-11-7-5-8-12-16)17-13-9-6-10-14-17/h5-14,18,20,24H,15H2,1-4H3/t18-,20+,23+/m0/s1. The SMILES string of the molecule is COCOC(=O)[C@]1(OC)N2C(=O)[C@H](NP(c3ccccc3)c3ccccc3)[C@H]2SC1(C)C. The van der Waals surface area contributed by atoms with Crippen molar-refractivity contribution in [2.24, 2.45) is 0 Å². The van der Waals surface area contributed by atoms with E-state index in [0.29, 0.717) is 0 Å². The molecule has 0 aromatic heterocycles. The molecule has 3 atom stereocenters. The summed E-state index contributed by atoms with van der Waals surface area (Å²) in [5.74, 6) is -0.800. The van der Waals surface area contributed by atoms with Crippen LogP contribution >= 0.6 is 19.8 Å². The Morgan fingerprint density at radius 1 is 1.06 bits per heavy atom. The summed E-state index contributed by atoms with van der Waals surface area (Å²) in [6, 6.07) is 19.8. The van der Waals surface area contributed by atoms with Crippen LogP contribution in [0.2, 0.25) is 0 Å². The van der Waals surface area contributed by atoms with E-state index in [1.54, 1.807) is 11.8 Å². The number of ether oxygens (including phenoxy) is 3. The largest absolute Gasteiger partial charge is 0.435 e. The zero-order valence-corrected chi connectivity index (χ0v) is 20.2. The van der Waals surface area contributed by atoms with Crippen LogP contribution in [0.25, 0.3) is 0 Å². The third-order valence-electron chi connectivity index (χ3n) is 5.79. The lowest BCUT2D eigenvalue weighted by atomic mass is 9.92. The van der Waals surface area contributed by atoms with E-state index in [1.807, 2.05) is 50.2 Å². The smallest absolute Gasteiger partial charge is 0.363 e. The molecule has 0 bridgehead atoms. The number of thioether (sulfide) groups is 1. The van der Waals surface area contributed by atoms with E-state index in [9.17, 15) is 9.59 Å². The maximum atomic E-state index is 13.4. The van der Waals surface area contributed by atoms with Crippen LogP contribution in [0.15, 0.2) is 60.7 Å². The Bertz CT molecular complexity index is 937. The maximum Gasteiger partial charge on any atom is 0.363 e. The Morgan fingerprint density at radius 3 is 2.12 bits per heavy atom. The summed E-state index contributed by atoms with van der Waals surface area (Å²) in [6.45, 7) is 3.59. The number of hydrogen-bond acceptors (Lipinski definition) is 7. The summed E-state index contributed by atoms with van der Waals surface area (Å²) < 4.78 is 15.2. The van der Waals surface area contributed by atoms with E-state index in [-0.39, 0.29) is 18.1 Å². The van der Waals surface area contributed by atoms with E-state index in [2.05, 4.69) is 29.4 Å². The van der Waals surface area contributed by atoms with Crippen molar-refractivity contribution in [3.63, 3.8) is 0 Å². The minimum atomic E-state index is -1.52. The van der Waals surface area contributed by atoms with Crippen LogP contribution < -0.4 is 15.7 Å². The number of fused-ring (bicyclic) bond motifs is 1. The van der Waals surface area contributed by atoms with Gasteiger partial charge in [0, 0.05) is 22.3 Å². The molecular formula is C23H27N2O5PS. The summed E-state index contributed by atoms with van der Waals surface area (Å²) in [5, 5.41) is 5.60. The monoisotopic (exact) mass is 474 g/mol. The predicted molar refractivity (Wildman–Crippen MR) is 126 cm³/mol. The zero-order chi connectivity index (χ0) is 22.9. The summed E-state index contributed by atoms with van der Waals surface area (Å²) >= 11 is 1.54. The topological polar surface area (TPSA) is 77.1 Å². The number of nitrogens with zero attached hydrogens (tertiary/aromatic N) is 1. The third kappa shape index (κ3) is 3.64. The van der Waals surface area contributed by atoms with Crippen LogP contribution in [0, 0.1) is 0 Å². The van der Waals surface area contributed by atoms with Gasteiger partial charge in [-0.25, -0.2) is 4.79 Å². The molecule has 2 aromatic rings. The third-order valence-corrected chi connectivity index (χ3v) is 9.55. The molecule has 2 aromatic carbocycles. The Morgan fingerprint density at radius 2 is 1.62 bits per heavy atom. The fourth-order valence-corrected chi connectivity index (χ4v) is 8.16. The van der Waals surface area contributed by atoms with Gasteiger partial charge in [-0.3, -0.25) is 14.8 Å². The van der Waals surface area contributed by atoms with Crippen molar-refractivity contribution < 1.29 is 23.8 Å². The summed E-state index contributed by atoms with van der Waals surface area (Å²) in [4.78, 5) is 28.0. The van der Waals surface area contributed by atoms with Crippen LogP contribution in [0.3, 0.4) is 0 Å². The van der Waals surface area contributed by atoms with E-state index in [0.717, 1.165) is 10.6 Å². The molecule has 4 rings (SSSR count). The van der Waals surface area contributed by atoms with Gasteiger partial charge in [0.15, 0.2) is 6.79 Å². The highest BCUT2D eigenvalue weighted by molar-refractivity contribution is 8.01. The number of carbonyl (C=O) groups excluding carboxylic acids is 2. The summed E-state index contributed by atoms with van der Waals surface area (Å²) in [5.41, 5.74) is -1.52. The molecule has 0 spiro atoms. The van der Waals surface area contributed by atoms with E-state index in [4.69, 9.17) is 14.2 Å². The average Bonchev–Trinajstić information content (AvgIpc) is 3.03.